The Morgan fingerprint density at radius 1 is 1.25 bits per heavy atom. The van der Waals surface area contributed by atoms with E-state index in [-0.39, 0.29) is 17.0 Å². The topological polar surface area (TPSA) is 71.0 Å². The molecule has 0 fully saturated rings. The molecule has 0 atom stereocenters. The number of amides is 1. The first kappa shape index (κ1) is 15.6. The summed E-state index contributed by atoms with van der Waals surface area (Å²) in [7, 11) is 0. The number of anilines is 1. The first-order valence-electron chi connectivity index (χ1n) is 7.71. The van der Waals surface area contributed by atoms with Crippen LogP contribution >= 0.6 is 0 Å². The van der Waals surface area contributed by atoms with Gasteiger partial charge in [0.1, 0.15) is 23.0 Å². The van der Waals surface area contributed by atoms with Gasteiger partial charge in [-0.15, -0.1) is 0 Å². The Kier molecular flexibility index (Phi) is 4.21. The molecule has 0 aliphatic carbocycles. The second kappa shape index (κ2) is 6.47. The number of nitrogens with one attached hydrogen (secondary N) is 1. The highest BCUT2D eigenvalue weighted by atomic mass is 16.4. The molecule has 3 rings (SSSR count). The molecular weight excluding hydrogens is 302 g/mol. The van der Waals surface area contributed by atoms with Gasteiger partial charge in [0.15, 0.2) is 0 Å². The van der Waals surface area contributed by atoms with Crippen LogP contribution in [0.1, 0.15) is 34.2 Å². The number of aryl methyl sites for hydroxylation is 2. The lowest BCUT2D eigenvalue weighted by Crippen LogP contribution is -2.15. The van der Waals surface area contributed by atoms with Crippen LogP contribution in [0.3, 0.4) is 0 Å². The van der Waals surface area contributed by atoms with Crippen LogP contribution in [-0.4, -0.2) is 10.5 Å². The van der Waals surface area contributed by atoms with Gasteiger partial charge in [-0.05, 0) is 37.1 Å². The van der Waals surface area contributed by atoms with Gasteiger partial charge in [-0.1, -0.05) is 25.1 Å². The van der Waals surface area contributed by atoms with E-state index in [1.54, 1.807) is 23.9 Å². The molecule has 0 saturated carbocycles. The summed E-state index contributed by atoms with van der Waals surface area (Å²) >= 11 is 0. The lowest BCUT2D eigenvalue weighted by atomic mass is 10.1. The lowest BCUT2D eigenvalue weighted by molar-refractivity contribution is 0.102. The molecule has 0 aliphatic rings. The minimum absolute atomic E-state index is 0.232. The van der Waals surface area contributed by atoms with Gasteiger partial charge >= 0.3 is 0 Å². The largest absolute Gasteiger partial charge is 0.443 e. The van der Waals surface area contributed by atoms with Crippen LogP contribution in [0, 0.1) is 18.3 Å². The number of hydrogen-bond acceptors (Lipinski definition) is 3. The molecule has 1 N–H and O–H groups in total. The molecule has 2 heterocycles. The molecule has 0 spiro atoms. The van der Waals surface area contributed by atoms with Crippen molar-refractivity contribution in [1.82, 2.24) is 4.57 Å². The molecule has 0 aliphatic heterocycles. The first-order valence-corrected chi connectivity index (χ1v) is 7.71. The van der Waals surface area contributed by atoms with Gasteiger partial charge in [-0.25, -0.2) is 0 Å². The first-order chi connectivity index (χ1) is 11.7. The molecule has 24 heavy (non-hydrogen) atoms. The molecule has 0 bridgehead atoms. The number of benzene rings is 1. The van der Waals surface area contributed by atoms with E-state index in [4.69, 9.17) is 4.42 Å². The van der Waals surface area contributed by atoms with Crippen molar-refractivity contribution in [1.29, 1.82) is 5.26 Å². The fraction of sp³-hybridized carbons (Fsp3) is 0.158. The van der Waals surface area contributed by atoms with E-state index < -0.39 is 0 Å². The van der Waals surface area contributed by atoms with E-state index in [1.807, 2.05) is 43.3 Å². The Bertz CT molecular complexity index is 915. The number of para-hydroxylation sites is 1. The van der Waals surface area contributed by atoms with Gasteiger partial charge in [0.25, 0.3) is 5.91 Å². The third-order valence-corrected chi connectivity index (χ3v) is 3.89. The summed E-state index contributed by atoms with van der Waals surface area (Å²) in [5, 5.41) is 12.4. The Morgan fingerprint density at radius 2 is 1.96 bits per heavy atom. The standard InChI is InChI=1S/C19H17N3O2/c1-3-14-8-4-5-9-16(14)21-18(23)17-13(2)24-19(15(17)12-20)22-10-6-7-11-22/h4-11H,3H2,1-2H3,(H,21,23). The summed E-state index contributed by atoms with van der Waals surface area (Å²) in [4.78, 5) is 12.7. The van der Waals surface area contributed by atoms with Crippen molar-refractivity contribution < 1.29 is 9.21 Å². The molecule has 1 aromatic carbocycles. The second-order valence-electron chi connectivity index (χ2n) is 5.38. The van der Waals surface area contributed by atoms with E-state index >= 15 is 0 Å². The van der Waals surface area contributed by atoms with E-state index in [1.165, 1.54) is 0 Å². The van der Waals surface area contributed by atoms with E-state index in [0.29, 0.717) is 11.6 Å². The molecular formula is C19H17N3O2. The van der Waals surface area contributed by atoms with Gasteiger partial charge in [0.2, 0.25) is 5.88 Å². The van der Waals surface area contributed by atoms with Gasteiger partial charge < -0.3 is 9.73 Å². The van der Waals surface area contributed by atoms with Crippen LogP contribution in [0.5, 0.6) is 0 Å². The lowest BCUT2D eigenvalue weighted by Gasteiger charge is -2.09. The maximum Gasteiger partial charge on any atom is 0.260 e. The number of hydrogen-bond donors (Lipinski definition) is 1. The predicted octanol–water partition coefficient (Wildman–Crippen LogP) is 4.07. The van der Waals surface area contributed by atoms with Crippen LogP contribution in [0.4, 0.5) is 5.69 Å². The summed E-state index contributed by atoms with van der Waals surface area (Å²) in [5.41, 5.74) is 2.29. The van der Waals surface area contributed by atoms with E-state index in [9.17, 15) is 10.1 Å². The molecule has 0 saturated heterocycles. The molecule has 5 nitrogen and oxygen atoms in total. The molecule has 3 aromatic rings. The molecule has 2 aromatic heterocycles. The SMILES string of the molecule is CCc1ccccc1NC(=O)c1c(C)oc(-n2cccc2)c1C#N. The number of carbonyl (C=O) groups excluding carboxylic acids is 1. The third-order valence-electron chi connectivity index (χ3n) is 3.89. The number of nitriles is 1. The van der Waals surface area contributed by atoms with Crippen LogP contribution < -0.4 is 5.32 Å². The van der Waals surface area contributed by atoms with Gasteiger partial charge in [-0.2, -0.15) is 5.26 Å². The Balaban J connectivity index is 2.00. The minimum Gasteiger partial charge on any atom is -0.443 e. The van der Waals surface area contributed by atoms with Crippen molar-refractivity contribution in [3.63, 3.8) is 0 Å². The summed E-state index contributed by atoms with van der Waals surface area (Å²) in [6, 6.07) is 13.4. The summed E-state index contributed by atoms with van der Waals surface area (Å²) in [5.74, 6) is 0.433. The number of furan rings is 1. The summed E-state index contributed by atoms with van der Waals surface area (Å²) < 4.78 is 7.36. The van der Waals surface area contributed by atoms with E-state index in [0.717, 1.165) is 17.7 Å². The van der Waals surface area contributed by atoms with Gasteiger partial charge in [-0.3, -0.25) is 9.36 Å². The Labute approximate surface area is 140 Å². The zero-order valence-corrected chi connectivity index (χ0v) is 13.5. The second-order valence-corrected chi connectivity index (χ2v) is 5.38. The molecule has 0 radical (unpaired) electrons. The monoisotopic (exact) mass is 319 g/mol. The van der Waals surface area contributed by atoms with Crippen molar-refractivity contribution in [2.75, 3.05) is 5.32 Å². The number of nitrogens with zero attached hydrogens (tertiary/aromatic N) is 2. The predicted molar refractivity (Wildman–Crippen MR) is 91.3 cm³/mol. The normalized spacial score (nSPS) is 10.4. The number of aromatic nitrogens is 1. The summed E-state index contributed by atoms with van der Waals surface area (Å²) in [6.45, 7) is 3.72. The molecule has 120 valence electrons. The maximum atomic E-state index is 12.7. The zero-order chi connectivity index (χ0) is 17.1. The summed E-state index contributed by atoms with van der Waals surface area (Å²) in [6.07, 6.45) is 4.35. The van der Waals surface area contributed by atoms with Crippen LogP contribution in [-0.2, 0) is 6.42 Å². The van der Waals surface area contributed by atoms with Crippen molar-refractivity contribution in [3.8, 4) is 12.0 Å². The molecule has 0 unspecified atom stereocenters. The molecule has 5 heteroatoms. The van der Waals surface area contributed by atoms with Gasteiger partial charge in [0, 0.05) is 18.1 Å². The molecule has 1 amide bonds. The van der Waals surface area contributed by atoms with Crippen LogP contribution in [0.15, 0.2) is 53.2 Å². The van der Waals surface area contributed by atoms with Gasteiger partial charge in [0.05, 0.1) is 0 Å². The maximum absolute atomic E-state index is 12.7. The number of rotatable bonds is 4. The average Bonchev–Trinajstić information content (AvgIpc) is 3.22. The highest BCUT2D eigenvalue weighted by molar-refractivity contribution is 6.07. The highest BCUT2D eigenvalue weighted by Crippen LogP contribution is 2.27. The van der Waals surface area contributed by atoms with Crippen LogP contribution in [0.2, 0.25) is 0 Å². The van der Waals surface area contributed by atoms with Crippen molar-refractivity contribution in [2.24, 2.45) is 0 Å². The average molecular weight is 319 g/mol. The highest BCUT2D eigenvalue weighted by Gasteiger charge is 2.24. The zero-order valence-electron chi connectivity index (χ0n) is 13.5. The Hall–Kier alpha value is -3.26. The van der Waals surface area contributed by atoms with Crippen molar-refractivity contribution >= 4 is 11.6 Å². The Morgan fingerprint density at radius 3 is 2.62 bits per heavy atom. The van der Waals surface area contributed by atoms with Crippen molar-refractivity contribution in [3.05, 3.63) is 71.2 Å². The van der Waals surface area contributed by atoms with E-state index in [2.05, 4.69) is 11.4 Å². The van der Waals surface area contributed by atoms with Crippen molar-refractivity contribution in [2.45, 2.75) is 20.3 Å². The fourth-order valence-corrected chi connectivity index (χ4v) is 2.69. The van der Waals surface area contributed by atoms with Crippen LogP contribution in [0.25, 0.3) is 5.88 Å². The fourth-order valence-electron chi connectivity index (χ4n) is 2.69. The number of carbonyl (C=O) groups is 1. The minimum atomic E-state index is -0.341. The smallest absolute Gasteiger partial charge is 0.260 e. The third kappa shape index (κ3) is 2.70. The quantitative estimate of drug-likeness (QED) is 0.788.